The Hall–Kier alpha value is -0.760. The summed E-state index contributed by atoms with van der Waals surface area (Å²) in [7, 11) is 3.63. The topological polar surface area (TPSA) is 20.3 Å². The van der Waals surface area contributed by atoms with E-state index in [2.05, 4.69) is 0 Å². The lowest BCUT2D eigenvalue weighted by Crippen LogP contribution is -2.20. The van der Waals surface area contributed by atoms with Gasteiger partial charge in [-0.15, -0.1) is 0 Å². The molecule has 0 radical (unpaired) electrons. The first kappa shape index (κ1) is 16.6. The second-order valence-electron chi connectivity index (χ2n) is 4.19. The summed E-state index contributed by atoms with van der Waals surface area (Å²) in [6, 6.07) is 3.63. The van der Waals surface area contributed by atoms with Gasteiger partial charge in [0.1, 0.15) is 10.0 Å². The summed E-state index contributed by atoms with van der Waals surface area (Å²) >= 11 is 11.7. The zero-order chi connectivity index (χ0) is 15.8. The summed E-state index contributed by atoms with van der Waals surface area (Å²) in [5.41, 5.74) is -0.836. The molecule has 114 valence electrons. The van der Waals surface area contributed by atoms with Gasteiger partial charge in [-0.05, 0) is 22.5 Å². The number of nitrogens with zero attached hydrogens (tertiary/aromatic N) is 1. The molecule has 2 aromatic rings. The molecule has 1 aromatic heterocycles. The third kappa shape index (κ3) is 3.53. The number of hydrogen-bond acceptors (Lipinski definition) is 4. The van der Waals surface area contributed by atoms with Crippen LogP contribution in [0.3, 0.4) is 0 Å². The highest BCUT2D eigenvalue weighted by Gasteiger charge is 2.34. The molecule has 0 atom stereocenters. The van der Waals surface area contributed by atoms with Gasteiger partial charge < -0.3 is 4.90 Å². The monoisotopic (exact) mass is 373 g/mol. The molecular formula is C12H8Cl2F3NOS2. The Morgan fingerprint density at radius 3 is 2.43 bits per heavy atom. The van der Waals surface area contributed by atoms with Crippen LogP contribution in [0.4, 0.5) is 18.2 Å². The molecule has 1 heterocycles. The molecule has 0 bridgehead atoms. The number of hydrogen-bond donors (Lipinski definition) is 0. The van der Waals surface area contributed by atoms with Gasteiger partial charge in [-0.1, -0.05) is 39.6 Å². The largest absolute Gasteiger partial charge is 0.416 e. The summed E-state index contributed by atoms with van der Waals surface area (Å²) in [6.07, 6.45) is -4.49. The van der Waals surface area contributed by atoms with E-state index in [1.165, 1.54) is 17.0 Å². The fraction of sp³-hybridized carbons (Fsp3) is 0.250. The summed E-state index contributed by atoms with van der Waals surface area (Å²) < 4.78 is 38.7. The molecule has 9 heteroatoms. The highest BCUT2D eigenvalue weighted by atomic mass is 35.5. The van der Waals surface area contributed by atoms with E-state index in [-0.39, 0.29) is 26.9 Å². The van der Waals surface area contributed by atoms with E-state index in [1.807, 2.05) is 0 Å². The number of alkyl halides is 3. The van der Waals surface area contributed by atoms with Crippen LogP contribution in [0.2, 0.25) is 10.0 Å². The van der Waals surface area contributed by atoms with Crippen LogP contribution in [0.25, 0.3) is 0 Å². The van der Waals surface area contributed by atoms with E-state index in [1.54, 1.807) is 7.05 Å². The molecule has 2 nitrogen and oxygen atoms in total. The maximum atomic E-state index is 13.0. The van der Waals surface area contributed by atoms with Crippen LogP contribution < -0.4 is 9.64 Å². The van der Waals surface area contributed by atoms with Crippen molar-refractivity contribution in [2.24, 2.45) is 0 Å². The zero-order valence-electron chi connectivity index (χ0n) is 10.5. The van der Waals surface area contributed by atoms with E-state index < -0.39 is 11.7 Å². The molecule has 0 saturated heterocycles. The maximum absolute atomic E-state index is 13.0. The molecule has 0 aliphatic heterocycles. The Bertz CT molecular complexity index is 711. The molecule has 0 saturated carbocycles. The van der Waals surface area contributed by atoms with Gasteiger partial charge in [-0.2, -0.15) is 13.2 Å². The molecule has 0 N–H and O–H groups in total. The van der Waals surface area contributed by atoms with E-state index in [9.17, 15) is 18.0 Å². The van der Waals surface area contributed by atoms with Crippen molar-refractivity contribution in [3.05, 3.63) is 48.9 Å². The molecule has 0 aliphatic carbocycles. The Labute approximate surface area is 135 Å². The minimum absolute atomic E-state index is 0.0214. The van der Waals surface area contributed by atoms with Crippen LogP contribution in [0.5, 0.6) is 0 Å². The highest BCUT2D eigenvalue weighted by Crippen LogP contribution is 2.37. The normalized spacial score (nSPS) is 11.7. The summed E-state index contributed by atoms with van der Waals surface area (Å²) in [6.45, 7) is -0.0963. The van der Waals surface area contributed by atoms with Crippen molar-refractivity contribution < 1.29 is 13.2 Å². The highest BCUT2D eigenvalue weighted by molar-refractivity contribution is 7.70. The first-order valence-electron chi connectivity index (χ1n) is 5.56. The summed E-state index contributed by atoms with van der Waals surface area (Å²) in [4.78, 5) is 12.8. The van der Waals surface area contributed by atoms with Gasteiger partial charge in [0.05, 0.1) is 5.56 Å². The molecule has 0 amide bonds. The third-order valence-electron chi connectivity index (χ3n) is 2.73. The number of halogens is 5. The van der Waals surface area contributed by atoms with Crippen LogP contribution in [-0.2, 0) is 12.7 Å². The predicted octanol–water partition coefficient (Wildman–Crippen LogP) is 5.13. The van der Waals surface area contributed by atoms with Crippen LogP contribution in [0.1, 0.15) is 11.1 Å². The second-order valence-corrected chi connectivity index (χ2v) is 7.07. The second kappa shape index (κ2) is 6.16. The van der Waals surface area contributed by atoms with Gasteiger partial charge in [-0.25, -0.2) is 0 Å². The SMILES string of the molecule is CN(Cc1c(Cl)cccc1C(F)(F)F)c1ssc(=O)c1Cl. The van der Waals surface area contributed by atoms with E-state index in [0.717, 1.165) is 26.7 Å². The Morgan fingerprint density at radius 2 is 1.90 bits per heavy atom. The standard InChI is InChI=1S/C12H8Cl2F3NOS2/c1-18(10-9(14)11(19)21-20-10)5-6-7(12(15,16)17)3-2-4-8(6)13/h2-4H,5H2,1H3. The first-order chi connectivity index (χ1) is 9.71. The van der Waals surface area contributed by atoms with Crippen LogP contribution in [0.15, 0.2) is 23.0 Å². The molecule has 1 aromatic carbocycles. The van der Waals surface area contributed by atoms with Gasteiger partial charge in [-0.3, -0.25) is 4.79 Å². The van der Waals surface area contributed by atoms with Gasteiger partial charge in [0.2, 0.25) is 0 Å². The van der Waals surface area contributed by atoms with Crippen molar-refractivity contribution in [3.63, 3.8) is 0 Å². The Morgan fingerprint density at radius 1 is 1.24 bits per heavy atom. The minimum atomic E-state index is -4.49. The van der Waals surface area contributed by atoms with Crippen LogP contribution in [0, 0.1) is 0 Å². The number of rotatable bonds is 3. The summed E-state index contributed by atoms with van der Waals surface area (Å²) in [5.74, 6) is 0. The molecule has 0 spiro atoms. The minimum Gasteiger partial charge on any atom is -0.360 e. The predicted molar refractivity (Wildman–Crippen MR) is 82.0 cm³/mol. The van der Waals surface area contributed by atoms with Gasteiger partial charge in [0, 0.05) is 24.2 Å². The fourth-order valence-corrected chi connectivity index (χ4v) is 4.74. The molecule has 0 fully saturated rings. The van der Waals surface area contributed by atoms with Gasteiger partial charge in [0.15, 0.2) is 0 Å². The lowest BCUT2D eigenvalue weighted by atomic mass is 10.1. The molecule has 0 unspecified atom stereocenters. The maximum Gasteiger partial charge on any atom is 0.416 e. The fourth-order valence-electron chi connectivity index (χ4n) is 1.76. The quantitative estimate of drug-likeness (QED) is 0.694. The van der Waals surface area contributed by atoms with Crippen molar-refractivity contribution in [1.29, 1.82) is 0 Å². The average molecular weight is 374 g/mol. The molecule has 0 aliphatic rings. The Balaban J connectivity index is 2.40. The van der Waals surface area contributed by atoms with Crippen molar-refractivity contribution in [2.45, 2.75) is 12.7 Å². The summed E-state index contributed by atoms with van der Waals surface area (Å²) in [5, 5.41) is 0.475. The van der Waals surface area contributed by atoms with E-state index in [4.69, 9.17) is 23.2 Å². The smallest absolute Gasteiger partial charge is 0.360 e. The van der Waals surface area contributed by atoms with Crippen LogP contribution >= 0.6 is 43.9 Å². The molecular weight excluding hydrogens is 366 g/mol. The lowest BCUT2D eigenvalue weighted by molar-refractivity contribution is -0.138. The molecule has 21 heavy (non-hydrogen) atoms. The van der Waals surface area contributed by atoms with Crippen molar-refractivity contribution in [3.8, 4) is 0 Å². The van der Waals surface area contributed by atoms with Gasteiger partial charge in [0.25, 0.3) is 4.74 Å². The number of benzene rings is 1. The van der Waals surface area contributed by atoms with E-state index in [0.29, 0.717) is 5.00 Å². The van der Waals surface area contributed by atoms with Gasteiger partial charge >= 0.3 is 6.18 Å². The third-order valence-corrected chi connectivity index (χ3v) is 5.95. The van der Waals surface area contributed by atoms with Crippen molar-refractivity contribution in [2.75, 3.05) is 11.9 Å². The zero-order valence-corrected chi connectivity index (χ0v) is 13.6. The Kier molecular flexibility index (Phi) is 4.87. The van der Waals surface area contributed by atoms with Crippen molar-refractivity contribution in [1.82, 2.24) is 0 Å². The first-order valence-corrected chi connectivity index (χ1v) is 8.46. The molecule has 2 rings (SSSR count). The number of anilines is 1. The van der Waals surface area contributed by atoms with Crippen molar-refractivity contribution >= 4 is 48.9 Å². The van der Waals surface area contributed by atoms with Crippen LogP contribution in [-0.4, -0.2) is 7.05 Å². The lowest BCUT2D eigenvalue weighted by Gasteiger charge is -2.21. The van der Waals surface area contributed by atoms with E-state index >= 15 is 0 Å². The average Bonchev–Trinajstić information content (AvgIpc) is 2.71.